The first-order valence-electron chi connectivity index (χ1n) is 5.78. The van der Waals surface area contributed by atoms with E-state index in [0.717, 1.165) is 6.42 Å². The number of fused-ring (bicyclic) bond motifs is 3. The van der Waals surface area contributed by atoms with Gasteiger partial charge in [0.25, 0.3) is 0 Å². The average Bonchev–Trinajstić information content (AvgIpc) is 2.75. The van der Waals surface area contributed by atoms with Crippen molar-refractivity contribution in [2.24, 2.45) is 0 Å². The smallest absolute Gasteiger partial charge is 0.0497 e. The summed E-state index contributed by atoms with van der Waals surface area (Å²) in [5, 5.41) is 2.53. The van der Waals surface area contributed by atoms with Gasteiger partial charge in [-0.3, -0.25) is 0 Å². The van der Waals surface area contributed by atoms with E-state index in [-0.39, 0.29) is 0 Å². The fourth-order valence-electron chi connectivity index (χ4n) is 2.34. The molecule has 1 aromatic heterocycles. The zero-order valence-electron chi connectivity index (χ0n) is 9.46. The standard InChI is InChI=1S/C16H12N/c1-2-3-7-12-8-6-10-14-13-9-4-5-11-15(13)17-16(12)14/h4-6,8-11,17H,3,7H2. The Balaban J connectivity index is 2.28. The molecule has 0 atom stereocenters. The van der Waals surface area contributed by atoms with E-state index in [9.17, 15) is 0 Å². The second kappa shape index (κ2) is 3.99. The largest absolute Gasteiger partial charge is 0.354 e. The fraction of sp³-hybridized carbons (Fsp3) is 0.125. The molecule has 0 aliphatic carbocycles. The van der Waals surface area contributed by atoms with Gasteiger partial charge in [0.2, 0.25) is 0 Å². The number of aromatic nitrogens is 1. The Kier molecular flexibility index (Phi) is 2.34. The highest BCUT2D eigenvalue weighted by Crippen LogP contribution is 2.27. The van der Waals surface area contributed by atoms with E-state index in [1.807, 2.05) is 6.07 Å². The summed E-state index contributed by atoms with van der Waals surface area (Å²) in [7, 11) is 0. The maximum atomic E-state index is 7.01. The van der Waals surface area contributed by atoms with Crippen LogP contribution in [0, 0.1) is 12.3 Å². The van der Waals surface area contributed by atoms with Crippen LogP contribution in [0.2, 0.25) is 0 Å². The molecule has 0 saturated heterocycles. The number of aryl methyl sites for hydroxylation is 1. The zero-order chi connectivity index (χ0) is 11.7. The number of para-hydroxylation sites is 2. The minimum atomic E-state index is 0.675. The Morgan fingerprint density at radius 3 is 2.71 bits per heavy atom. The van der Waals surface area contributed by atoms with Gasteiger partial charge < -0.3 is 4.98 Å². The van der Waals surface area contributed by atoms with Crippen LogP contribution in [0.15, 0.2) is 42.5 Å². The van der Waals surface area contributed by atoms with E-state index in [0.29, 0.717) is 6.42 Å². The Morgan fingerprint density at radius 2 is 1.82 bits per heavy atom. The topological polar surface area (TPSA) is 15.8 Å². The molecule has 0 aliphatic rings. The Hall–Kier alpha value is -2.20. The maximum Gasteiger partial charge on any atom is 0.0497 e. The van der Waals surface area contributed by atoms with Crippen LogP contribution in [0.1, 0.15) is 12.0 Å². The number of aromatic amines is 1. The number of hydrogen-bond acceptors (Lipinski definition) is 0. The molecule has 2 aromatic carbocycles. The lowest BCUT2D eigenvalue weighted by Crippen LogP contribution is -1.85. The van der Waals surface area contributed by atoms with Gasteiger partial charge in [-0.25, -0.2) is 0 Å². The Bertz CT molecular complexity index is 713. The molecule has 0 saturated carbocycles. The highest BCUT2D eigenvalue weighted by molar-refractivity contribution is 6.08. The van der Waals surface area contributed by atoms with Crippen LogP contribution in [0.4, 0.5) is 0 Å². The molecule has 81 valence electrons. The summed E-state index contributed by atoms with van der Waals surface area (Å²) in [6.45, 7) is 0. The predicted molar refractivity (Wildman–Crippen MR) is 71.3 cm³/mol. The van der Waals surface area contributed by atoms with Crippen molar-refractivity contribution >= 4 is 21.8 Å². The van der Waals surface area contributed by atoms with Gasteiger partial charge in [-0.05, 0) is 24.5 Å². The molecular formula is C16H12N. The molecule has 1 heterocycles. The molecule has 0 bridgehead atoms. The predicted octanol–water partition coefficient (Wildman–Crippen LogP) is 3.84. The normalized spacial score (nSPS) is 10.8. The van der Waals surface area contributed by atoms with E-state index in [4.69, 9.17) is 6.42 Å². The molecular weight excluding hydrogens is 206 g/mol. The van der Waals surface area contributed by atoms with Gasteiger partial charge in [0.15, 0.2) is 0 Å². The van der Waals surface area contributed by atoms with Crippen LogP contribution < -0.4 is 0 Å². The molecule has 3 aromatic rings. The summed E-state index contributed by atoms with van der Waals surface area (Å²) in [5.74, 6) is 2.45. The van der Waals surface area contributed by atoms with Gasteiger partial charge >= 0.3 is 0 Å². The second-order valence-electron chi connectivity index (χ2n) is 4.19. The average molecular weight is 218 g/mol. The lowest BCUT2D eigenvalue weighted by Gasteiger charge is -1.99. The summed E-state index contributed by atoms with van der Waals surface area (Å²) in [6.07, 6.45) is 8.55. The molecule has 0 spiro atoms. The Labute approximate surface area is 100 Å². The lowest BCUT2D eigenvalue weighted by atomic mass is 10.1. The minimum absolute atomic E-state index is 0.675. The molecule has 0 fully saturated rings. The van der Waals surface area contributed by atoms with Crippen molar-refractivity contribution in [1.29, 1.82) is 0 Å². The second-order valence-corrected chi connectivity index (χ2v) is 4.19. The number of H-pyrrole nitrogens is 1. The summed E-state index contributed by atoms with van der Waals surface area (Å²) in [5.41, 5.74) is 3.64. The first-order valence-corrected chi connectivity index (χ1v) is 5.78. The molecule has 1 nitrogen and oxygen atoms in total. The van der Waals surface area contributed by atoms with Gasteiger partial charge in [-0.15, -0.1) is 0 Å². The summed E-state index contributed by atoms with van der Waals surface area (Å²) in [6, 6.07) is 14.7. The molecule has 1 N–H and O–H groups in total. The monoisotopic (exact) mass is 218 g/mol. The van der Waals surface area contributed by atoms with Gasteiger partial charge in [0.05, 0.1) is 0 Å². The number of rotatable bonds is 2. The molecule has 17 heavy (non-hydrogen) atoms. The summed E-state index contributed by atoms with van der Waals surface area (Å²) in [4.78, 5) is 3.47. The lowest BCUT2D eigenvalue weighted by molar-refractivity contribution is 1.04. The van der Waals surface area contributed by atoms with Crippen LogP contribution >= 0.6 is 0 Å². The number of benzene rings is 2. The van der Waals surface area contributed by atoms with Crippen LogP contribution in [0.5, 0.6) is 0 Å². The van der Waals surface area contributed by atoms with E-state index < -0.39 is 0 Å². The maximum absolute atomic E-state index is 7.01. The van der Waals surface area contributed by atoms with Crippen molar-refractivity contribution in [2.45, 2.75) is 12.8 Å². The first kappa shape index (κ1) is 9.99. The van der Waals surface area contributed by atoms with Crippen molar-refractivity contribution in [3.63, 3.8) is 0 Å². The van der Waals surface area contributed by atoms with Gasteiger partial charge in [0, 0.05) is 28.2 Å². The molecule has 0 aliphatic heterocycles. The highest BCUT2D eigenvalue weighted by Gasteiger charge is 2.06. The third-order valence-electron chi connectivity index (χ3n) is 3.15. The number of nitrogens with one attached hydrogen (secondary N) is 1. The van der Waals surface area contributed by atoms with Crippen molar-refractivity contribution in [2.75, 3.05) is 0 Å². The van der Waals surface area contributed by atoms with Crippen molar-refractivity contribution < 1.29 is 0 Å². The summed E-state index contributed by atoms with van der Waals surface area (Å²) >= 11 is 0. The summed E-state index contributed by atoms with van der Waals surface area (Å²) < 4.78 is 0. The quantitative estimate of drug-likeness (QED) is 0.629. The van der Waals surface area contributed by atoms with Crippen molar-refractivity contribution in [1.82, 2.24) is 4.98 Å². The van der Waals surface area contributed by atoms with E-state index in [1.54, 1.807) is 0 Å². The minimum Gasteiger partial charge on any atom is -0.354 e. The van der Waals surface area contributed by atoms with Gasteiger partial charge in [0.1, 0.15) is 0 Å². The van der Waals surface area contributed by atoms with Crippen molar-refractivity contribution in [3.8, 4) is 5.92 Å². The highest BCUT2D eigenvalue weighted by atomic mass is 14.7. The van der Waals surface area contributed by atoms with E-state index in [2.05, 4.69) is 47.3 Å². The first-order chi connectivity index (χ1) is 8.40. The molecule has 3 rings (SSSR count). The van der Waals surface area contributed by atoms with Crippen LogP contribution in [0.3, 0.4) is 0 Å². The van der Waals surface area contributed by atoms with Gasteiger partial charge in [-0.2, -0.15) is 0 Å². The molecule has 1 heteroatoms. The van der Waals surface area contributed by atoms with Gasteiger partial charge in [-0.1, -0.05) is 42.3 Å². The Morgan fingerprint density at radius 1 is 1.00 bits per heavy atom. The number of hydrogen-bond donors (Lipinski definition) is 1. The van der Waals surface area contributed by atoms with E-state index >= 15 is 0 Å². The third kappa shape index (κ3) is 1.59. The third-order valence-corrected chi connectivity index (χ3v) is 3.15. The molecule has 1 radical (unpaired) electrons. The van der Waals surface area contributed by atoms with Crippen LogP contribution in [-0.4, -0.2) is 4.98 Å². The van der Waals surface area contributed by atoms with Crippen molar-refractivity contribution in [3.05, 3.63) is 54.5 Å². The SMILES string of the molecule is [C]#CCCc1cccc2c1[nH]c1ccccc12. The van der Waals surface area contributed by atoms with Crippen LogP contribution in [0.25, 0.3) is 21.8 Å². The fourth-order valence-corrected chi connectivity index (χ4v) is 2.34. The van der Waals surface area contributed by atoms with Crippen LogP contribution in [-0.2, 0) is 6.42 Å². The van der Waals surface area contributed by atoms with E-state index in [1.165, 1.54) is 27.4 Å². The molecule has 0 amide bonds. The molecule has 0 unspecified atom stereocenters. The zero-order valence-corrected chi connectivity index (χ0v) is 9.46.